The molecule has 0 aromatic rings. The first-order valence-corrected chi connectivity index (χ1v) is 2.00. The van der Waals surface area contributed by atoms with Gasteiger partial charge in [0.1, 0.15) is 6.67 Å². The number of nitrogens with zero attached hydrogens (tertiary/aromatic N) is 2. The van der Waals surface area contributed by atoms with Crippen LogP contribution in [0.4, 0.5) is 0 Å². The summed E-state index contributed by atoms with van der Waals surface area (Å²) in [7, 11) is 0. The molecule has 4 heteroatoms. The molecule has 0 aromatic carbocycles. The van der Waals surface area contributed by atoms with E-state index in [1.54, 1.807) is 12.4 Å². The molecule has 0 spiro atoms. The van der Waals surface area contributed by atoms with E-state index in [1.807, 2.05) is 0 Å². The Kier molecular flexibility index (Phi) is 0.883. The van der Waals surface area contributed by atoms with Crippen LogP contribution in [0.3, 0.4) is 0 Å². The second kappa shape index (κ2) is 1.40. The quantitative estimate of drug-likeness (QED) is 0.375. The highest BCUT2D eigenvalue weighted by atomic mass is 15.6. The minimum absolute atomic E-state index is 0.583. The van der Waals surface area contributed by atoms with Gasteiger partial charge in [-0.25, -0.2) is 11.7 Å². The molecule has 0 bridgehead atoms. The number of hydrogen-bond donors (Lipinski definition) is 2. The van der Waals surface area contributed by atoms with Crippen molar-refractivity contribution < 1.29 is 0 Å². The highest BCUT2D eigenvalue weighted by Crippen LogP contribution is 1.92. The van der Waals surface area contributed by atoms with E-state index in [9.17, 15) is 0 Å². The SMILES string of the molecule is NN1C=CN(N)C1. The van der Waals surface area contributed by atoms with Crippen LogP contribution >= 0.6 is 0 Å². The van der Waals surface area contributed by atoms with Gasteiger partial charge in [-0.2, -0.15) is 0 Å². The molecule has 0 unspecified atom stereocenters. The molecule has 7 heavy (non-hydrogen) atoms. The molecule has 0 atom stereocenters. The minimum atomic E-state index is 0.583. The summed E-state index contributed by atoms with van der Waals surface area (Å²) in [5.74, 6) is 10.5. The lowest BCUT2D eigenvalue weighted by Gasteiger charge is -2.09. The van der Waals surface area contributed by atoms with Crippen LogP contribution in [0.5, 0.6) is 0 Å². The van der Waals surface area contributed by atoms with Gasteiger partial charge in [-0.15, -0.1) is 0 Å². The third kappa shape index (κ3) is 0.819. The van der Waals surface area contributed by atoms with Crippen molar-refractivity contribution in [1.29, 1.82) is 0 Å². The van der Waals surface area contributed by atoms with Crippen LogP contribution < -0.4 is 11.7 Å². The smallest absolute Gasteiger partial charge is 0.118 e. The summed E-state index contributed by atoms with van der Waals surface area (Å²) >= 11 is 0. The van der Waals surface area contributed by atoms with E-state index in [0.29, 0.717) is 6.67 Å². The number of hydrazine groups is 2. The van der Waals surface area contributed by atoms with Gasteiger partial charge in [-0.3, -0.25) is 10.0 Å². The van der Waals surface area contributed by atoms with Crippen LogP contribution in [0, 0.1) is 0 Å². The monoisotopic (exact) mass is 100 g/mol. The van der Waals surface area contributed by atoms with Crippen molar-refractivity contribution in [2.75, 3.05) is 6.67 Å². The molecule has 0 saturated carbocycles. The molecule has 0 aromatic heterocycles. The number of rotatable bonds is 0. The second-order valence-corrected chi connectivity index (χ2v) is 1.47. The molecule has 0 saturated heterocycles. The van der Waals surface area contributed by atoms with Gasteiger partial charge in [0.25, 0.3) is 0 Å². The summed E-state index contributed by atoms with van der Waals surface area (Å²) in [6, 6.07) is 0. The molecular weight excluding hydrogens is 92.1 g/mol. The van der Waals surface area contributed by atoms with Crippen molar-refractivity contribution in [2.45, 2.75) is 0 Å². The predicted octanol–water partition coefficient (Wildman–Crippen LogP) is -1.22. The molecule has 0 fully saturated rings. The summed E-state index contributed by atoms with van der Waals surface area (Å²) in [5.41, 5.74) is 0. The van der Waals surface area contributed by atoms with Gasteiger partial charge in [0.05, 0.1) is 0 Å². The van der Waals surface area contributed by atoms with Crippen LogP contribution in [0.1, 0.15) is 0 Å². The van der Waals surface area contributed by atoms with Gasteiger partial charge < -0.3 is 0 Å². The predicted molar refractivity (Wildman–Crippen MR) is 26.1 cm³/mol. The molecule has 0 aliphatic carbocycles. The Morgan fingerprint density at radius 1 is 1.14 bits per heavy atom. The van der Waals surface area contributed by atoms with Gasteiger partial charge in [0, 0.05) is 12.4 Å². The summed E-state index contributed by atoms with van der Waals surface area (Å²) in [4.78, 5) is 0. The van der Waals surface area contributed by atoms with Gasteiger partial charge in [-0.1, -0.05) is 0 Å². The minimum Gasteiger partial charge on any atom is -0.296 e. The molecule has 1 rings (SSSR count). The van der Waals surface area contributed by atoms with E-state index >= 15 is 0 Å². The summed E-state index contributed by atoms with van der Waals surface area (Å²) < 4.78 is 0. The number of hydrogen-bond acceptors (Lipinski definition) is 4. The Balaban J connectivity index is 2.42. The molecule has 1 aliphatic rings. The van der Waals surface area contributed by atoms with Gasteiger partial charge in [0.2, 0.25) is 0 Å². The maximum absolute atomic E-state index is 5.25. The topological polar surface area (TPSA) is 58.5 Å². The maximum Gasteiger partial charge on any atom is 0.118 e. The maximum atomic E-state index is 5.25. The first-order chi connectivity index (χ1) is 3.29. The third-order valence-corrected chi connectivity index (χ3v) is 0.776. The van der Waals surface area contributed by atoms with Gasteiger partial charge in [0.15, 0.2) is 0 Å². The highest BCUT2D eigenvalue weighted by molar-refractivity contribution is 4.83. The Morgan fingerprint density at radius 2 is 1.57 bits per heavy atom. The van der Waals surface area contributed by atoms with Crippen molar-refractivity contribution in [3.63, 3.8) is 0 Å². The third-order valence-electron chi connectivity index (χ3n) is 0.776. The van der Waals surface area contributed by atoms with Crippen molar-refractivity contribution in [3.8, 4) is 0 Å². The zero-order valence-corrected chi connectivity index (χ0v) is 3.91. The molecule has 0 amide bonds. The Hall–Kier alpha value is -0.740. The standard InChI is InChI=1S/C3H8N4/c4-6-1-2-7(5)3-6/h1-2H,3-5H2. The average molecular weight is 100 g/mol. The highest BCUT2D eigenvalue weighted by Gasteiger charge is 2.01. The van der Waals surface area contributed by atoms with Crippen LogP contribution in [0.2, 0.25) is 0 Å². The molecule has 1 aliphatic heterocycles. The van der Waals surface area contributed by atoms with Crippen molar-refractivity contribution >= 4 is 0 Å². The second-order valence-electron chi connectivity index (χ2n) is 1.47. The normalized spacial score (nSPS) is 19.1. The van der Waals surface area contributed by atoms with Crippen LogP contribution in [0.15, 0.2) is 12.4 Å². The first kappa shape index (κ1) is 4.42. The lowest BCUT2D eigenvalue weighted by molar-refractivity contribution is 0.276. The van der Waals surface area contributed by atoms with E-state index in [-0.39, 0.29) is 0 Å². The molecule has 4 N–H and O–H groups in total. The van der Waals surface area contributed by atoms with E-state index in [4.69, 9.17) is 11.7 Å². The first-order valence-electron chi connectivity index (χ1n) is 2.00. The van der Waals surface area contributed by atoms with E-state index in [1.165, 1.54) is 10.0 Å². The summed E-state index contributed by atoms with van der Waals surface area (Å²) in [6.45, 7) is 0.583. The van der Waals surface area contributed by atoms with Crippen LogP contribution in [-0.2, 0) is 0 Å². The zero-order valence-electron chi connectivity index (χ0n) is 3.91. The summed E-state index contributed by atoms with van der Waals surface area (Å²) in [5, 5.41) is 3.00. The van der Waals surface area contributed by atoms with Crippen molar-refractivity contribution in [2.24, 2.45) is 11.7 Å². The van der Waals surface area contributed by atoms with Crippen LogP contribution in [0.25, 0.3) is 0 Å². The fraction of sp³-hybridized carbons (Fsp3) is 0.333. The lowest BCUT2D eigenvalue weighted by atomic mass is 10.9. The Morgan fingerprint density at radius 3 is 1.71 bits per heavy atom. The van der Waals surface area contributed by atoms with Gasteiger partial charge in [-0.05, 0) is 0 Å². The van der Waals surface area contributed by atoms with Crippen molar-refractivity contribution in [1.82, 2.24) is 10.0 Å². The molecular formula is C3H8N4. The fourth-order valence-electron chi connectivity index (χ4n) is 0.454. The zero-order chi connectivity index (χ0) is 5.28. The number of nitrogens with two attached hydrogens (primary N) is 2. The molecule has 40 valence electrons. The summed E-state index contributed by atoms with van der Waals surface area (Å²) in [6.07, 6.45) is 3.42. The fourth-order valence-corrected chi connectivity index (χ4v) is 0.454. The molecule has 0 radical (unpaired) electrons. The van der Waals surface area contributed by atoms with Gasteiger partial charge >= 0.3 is 0 Å². The largest absolute Gasteiger partial charge is 0.296 e. The Labute approximate surface area is 41.9 Å². The average Bonchev–Trinajstić information content (AvgIpc) is 1.87. The van der Waals surface area contributed by atoms with Crippen LogP contribution in [-0.4, -0.2) is 16.7 Å². The van der Waals surface area contributed by atoms with E-state index in [2.05, 4.69) is 0 Å². The van der Waals surface area contributed by atoms with E-state index < -0.39 is 0 Å². The molecule has 1 heterocycles. The molecule has 4 nitrogen and oxygen atoms in total. The lowest BCUT2D eigenvalue weighted by Crippen LogP contribution is -2.33. The Bertz CT molecular complexity index is 78.9. The van der Waals surface area contributed by atoms with E-state index in [0.717, 1.165) is 0 Å². The van der Waals surface area contributed by atoms with Crippen molar-refractivity contribution in [3.05, 3.63) is 12.4 Å².